The Balaban J connectivity index is 2.39. The van der Waals surface area contributed by atoms with E-state index in [1.807, 2.05) is 36.7 Å². The Bertz CT molecular complexity index is 563. The van der Waals surface area contributed by atoms with Gasteiger partial charge >= 0.3 is 17.6 Å². The normalized spacial score (nSPS) is 13.0. The molecule has 0 saturated heterocycles. The highest BCUT2D eigenvalue weighted by atomic mass is 28.4. The fourth-order valence-corrected chi connectivity index (χ4v) is 6.30. The summed E-state index contributed by atoms with van der Waals surface area (Å²) in [6, 6.07) is 9.60. The van der Waals surface area contributed by atoms with Crippen molar-refractivity contribution in [3.05, 3.63) is 35.4 Å². The van der Waals surface area contributed by atoms with E-state index in [0.29, 0.717) is 13.1 Å². The third-order valence-corrected chi connectivity index (χ3v) is 10.5. The molecule has 0 fully saturated rings. The third kappa shape index (κ3) is 8.86. The number of nitrogens with zero attached hydrogens (tertiary/aromatic N) is 2. The first kappa shape index (κ1) is 26.8. The van der Waals surface area contributed by atoms with Crippen LogP contribution in [0.15, 0.2) is 34.3 Å². The van der Waals surface area contributed by atoms with E-state index in [2.05, 4.69) is 9.98 Å². The standard InChI is InChI=1S/C20H36N2O6Si2/c1-23-29(24-2,25-3)15-7-13-21-17-19-9-11-20(12-10-19)18-22-14-8-16-30(26-4,27-5)28-6/h9-12,17-18H,7-8,13-16H2,1-6H3. The van der Waals surface area contributed by atoms with E-state index in [1.54, 1.807) is 42.7 Å². The zero-order chi connectivity index (χ0) is 22.3. The smallest absolute Gasteiger partial charge is 0.377 e. The Morgan fingerprint density at radius 1 is 0.600 bits per heavy atom. The van der Waals surface area contributed by atoms with Crippen LogP contribution in [0, 0.1) is 0 Å². The maximum atomic E-state index is 5.41. The van der Waals surface area contributed by atoms with E-state index in [1.165, 1.54) is 0 Å². The van der Waals surface area contributed by atoms with Crippen LogP contribution in [0.5, 0.6) is 0 Å². The first-order chi connectivity index (χ1) is 14.5. The zero-order valence-electron chi connectivity index (χ0n) is 19.1. The van der Waals surface area contributed by atoms with Crippen molar-refractivity contribution in [2.24, 2.45) is 9.98 Å². The molecule has 8 nitrogen and oxygen atoms in total. The van der Waals surface area contributed by atoms with E-state index < -0.39 is 17.6 Å². The van der Waals surface area contributed by atoms with Crippen LogP contribution in [0.25, 0.3) is 0 Å². The maximum absolute atomic E-state index is 5.41. The van der Waals surface area contributed by atoms with E-state index in [-0.39, 0.29) is 0 Å². The van der Waals surface area contributed by atoms with E-state index in [0.717, 1.165) is 36.1 Å². The Labute approximate surface area is 183 Å². The first-order valence-electron chi connectivity index (χ1n) is 9.93. The van der Waals surface area contributed by atoms with Crippen molar-refractivity contribution >= 4 is 30.0 Å². The van der Waals surface area contributed by atoms with Crippen LogP contribution in [0.1, 0.15) is 24.0 Å². The minimum Gasteiger partial charge on any atom is -0.377 e. The van der Waals surface area contributed by atoms with Crippen LogP contribution in [0.4, 0.5) is 0 Å². The predicted molar refractivity (Wildman–Crippen MR) is 124 cm³/mol. The Hall–Kier alpha value is -1.25. The minimum absolute atomic E-state index is 0.698. The molecule has 30 heavy (non-hydrogen) atoms. The van der Waals surface area contributed by atoms with E-state index in [4.69, 9.17) is 26.6 Å². The van der Waals surface area contributed by atoms with Gasteiger partial charge in [0.15, 0.2) is 0 Å². The molecule has 0 bridgehead atoms. The largest absolute Gasteiger partial charge is 0.500 e. The second-order valence-electron chi connectivity index (χ2n) is 6.54. The number of rotatable bonds is 16. The van der Waals surface area contributed by atoms with Gasteiger partial charge < -0.3 is 26.6 Å². The molecule has 170 valence electrons. The average molecular weight is 457 g/mol. The van der Waals surface area contributed by atoms with E-state index >= 15 is 0 Å². The van der Waals surface area contributed by atoms with Gasteiger partial charge in [-0.25, -0.2) is 0 Å². The van der Waals surface area contributed by atoms with Crippen molar-refractivity contribution < 1.29 is 26.6 Å². The van der Waals surface area contributed by atoms with Gasteiger partial charge in [-0.05, 0) is 24.0 Å². The summed E-state index contributed by atoms with van der Waals surface area (Å²) < 4.78 is 32.5. The quantitative estimate of drug-likeness (QED) is 0.216. The number of hydrogen-bond donors (Lipinski definition) is 0. The monoisotopic (exact) mass is 456 g/mol. The second-order valence-corrected chi connectivity index (χ2v) is 12.7. The molecule has 1 rings (SSSR count). The summed E-state index contributed by atoms with van der Waals surface area (Å²) in [5.41, 5.74) is 2.11. The van der Waals surface area contributed by atoms with Gasteiger partial charge in [0.05, 0.1) is 0 Å². The molecule has 0 aliphatic heterocycles. The lowest BCUT2D eigenvalue weighted by atomic mass is 10.1. The lowest BCUT2D eigenvalue weighted by Crippen LogP contribution is -2.42. The Morgan fingerprint density at radius 3 is 1.17 bits per heavy atom. The van der Waals surface area contributed by atoms with Gasteiger partial charge in [0.25, 0.3) is 0 Å². The fraction of sp³-hybridized carbons (Fsp3) is 0.600. The molecule has 0 heterocycles. The summed E-state index contributed by atoms with van der Waals surface area (Å²) in [7, 11) is 4.76. The molecule has 1 aromatic carbocycles. The summed E-state index contributed by atoms with van der Waals surface area (Å²) in [6.07, 6.45) is 5.45. The van der Waals surface area contributed by atoms with Gasteiger partial charge in [-0.2, -0.15) is 0 Å². The highest BCUT2D eigenvalue weighted by molar-refractivity contribution is 6.60. The number of benzene rings is 1. The molecule has 1 aromatic rings. The summed E-state index contributed by atoms with van der Waals surface area (Å²) >= 11 is 0. The third-order valence-electron chi connectivity index (χ3n) is 4.82. The van der Waals surface area contributed by atoms with Crippen molar-refractivity contribution in [3.8, 4) is 0 Å². The molecule has 0 saturated carbocycles. The van der Waals surface area contributed by atoms with Crippen LogP contribution < -0.4 is 0 Å². The molecule has 0 amide bonds. The molecule has 0 N–H and O–H groups in total. The van der Waals surface area contributed by atoms with Crippen LogP contribution in [-0.4, -0.2) is 85.8 Å². The van der Waals surface area contributed by atoms with Crippen LogP contribution in [0.2, 0.25) is 12.1 Å². The zero-order valence-corrected chi connectivity index (χ0v) is 21.1. The second kappa shape index (κ2) is 14.7. The SMILES string of the molecule is CO[Si](CCCN=Cc1ccc(C=NCCC[Si](OC)(OC)OC)cc1)(OC)OC. The molecule has 10 heteroatoms. The minimum atomic E-state index is -2.50. The van der Waals surface area contributed by atoms with Gasteiger partial charge in [0.1, 0.15) is 0 Å². The summed E-state index contributed by atoms with van der Waals surface area (Å²) in [6.45, 7) is 1.40. The molecule has 0 radical (unpaired) electrons. The first-order valence-corrected chi connectivity index (χ1v) is 13.8. The molecule has 0 atom stereocenters. The molecule has 0 aromatic heterocycles. The van der Waals surface area contributed by atoms with Crippen LogP contribution in [-0.2, 0) is 26.6 Å². The topological polar surface area (TPSA) is 80.1 Å². The summed E-state index contributed by atoms with van der Waals surface area (Å²) in [5.74, 6) is 0. The summed E-state index contributed by atoms with van der Waals surface area (Å²) in [4.78, 5) is 8.95. The van der Waals surface area contributed by atoms with Gasteiger partial charge in [0.2, 0.25) is 0 Å². The maximum Gasteiger partial charge on any atom is 0.500 e. The Morgan fingerprint density at radius 2 is 0.900 bits per heavy atom. The molecule has 0 spiro atoms. The Kier molecular flexibility index (Phi) is 13.1. The molecular formula is C20H36N2O6Si2. The van der Waals surface area contributed by atoms with Crippen molar-refractivity contribution in [2.45, 2.75) is 24.9 Å². The molecular weight excluding hydrogens is 420 g/mol. The average Bonchev–Trinajstić information content (AvgIpc) is 2.80. The molecule has 0 aliphatic carbocycles. The molecule has 0 unspecified atom stereocenters. The van der Waals surface area contributed by atoms with Gasteiger partial charge in [-0.1, -0.05) is 24.3 Å². The summed E-state index contributed by atoms with van der Waals surface area (Å²) in [5, 5.41) is 0. The van der Waals surface area contributed by atoms with Crippen molar-refractivity contribution in [1.29, 1.82) is 0 Å². The lowest BCUT2D eigenvalue weighted by molar-refractivity contribution is 0.122. The van der Waals surface area contributed by atoms with Crippen molar-refractivity contribution in [3.63, 3.8) is 0 Å². The lowest BCUT2D eigenvalue weighted by Gasteiger charge is -2.23. The number of aliphatic imine (C=N–C) groups is 2. The van der Waals surface area contributed by atoms with Gasteiger partial charge in [0, 0.05) is 80.3 Å². The fourth-order valence-electron chi connectivity index (χ4n) is 2.89. The molecule has 0 aliphatic rings. The van der Waals surface area contributed by atoms with Crippen LogP contribution >= 0.6 is 0 Å². The number of hydrogen-bond acceptors (Lipinski definition) is 8. The van der Waals surface area contributed by atoms with Crippen LogP contribution in [0.3, 0.4) is 0 Å². The van der Waals surface area contributed by atoms with Crippen molar-refractivity contribution in [1.82, 2.24) is 0 Å². The highest BCUT2D eigenvalue weighted by Gasteiger charge is 2.37. The highest BCUT2D eigenvalue weighted by Crippen LogP contribution is 2.15. The predicted octanol–water partition coefficient (Wildman–Crippen LogP) is 3.06. The van der Waals surface area contributed by atoms with Crippen molar-refractivity contribution in [2.75, 3.05) is 55.7 Å². The van der Waals surface area contributed by atoms with Gasteiger partial charge in [-0.15, -0.1) is 0 Å². The van der Waals surface area contributed by atoms with E-state index in [9.17, 15) is 0 Å². The van der Waals surface area contributed by atoms with Gasteiger partial charge in [-0.3, -0.25) is 9.98 Å².